The molecule has 32 heavy (non-hydrogen) atoms. The Kier molecular flexibility index (Phi) is 6.38. The van der Waals surface area contributed by atoms with Gasteiger partial charge in [0, 0.05) is 36.4 Å². The number of carbonyl (C=O) groups excluding carboxylic acids is 4. The molecule has 1 aromatic carbocycles. The molecular formula is C23H25N3O5S. The summed E-state index contributed by atoms with van der Waals surface area (Å²) in [5.41, 5.74) is 2.22. The lowest BCUT2D eigenvalue weighted by molar-refractivity contribution is -0.121. The molecule has 3 amide bonds. The van der Waals surface area contributed by atoms with Gasteiger partial charge >= 0.3 is 5.97 Å². The van der Waals surface area contributed by atoms with Gasteiger partial charge in [0.15, 0.2) is 0 Å². The zero-order valence-corrected chi connectivity index (χ0v) is 18.9. The Morgan fingerprint density at radius 2 is 1.75 bits per heavy atom. The van der Waals surface area contributed by atoms with Crippen molar-refractivity contribution in [3.05, 3.63) is 45.8 Å². The number of amides is 3. The number of likely N-dealkylation sites (N-methyl/N-ethyl adjacent to an activating group) is 1. The Hall–Kier alpha value is -3.04. The minimum Gasteiger partial charge on any atom is -0.462 e. The van der Waals surface area contributed by atoms with Crippen molar-refractivity contribution in [2.75, 3.05) is 29.9 Å². The van der Waals surface area contributed by atoms with Crippen LogP contribution in [0.2, 0.25) is 0 Å². The van der Waals surface area contributed by atoms with Gasteiger partial charge in [0.2, 0.25) is 11.8 Å². The van der Waals surface area contributed by atoms with Crippen molar-refractivity contribution >= 4 is 45.7 Å². The van der Waals surface area contributed by atoms with Crippen LogP contribution >= 0.6 is 11.3 Å². The summed E-state index contributed by atoms with van der Waals surface area (Å²) >= 11 is 1.41. The highest BCUT2D eigenvalue weighted by atomic mass is 32.1. The minimum atomic E-state index is -0.424. The first-order valence-corrected chi connectivity index (χ1v) is 11.6. The summed E-state index contributed by atoms with van der Waals surface area (Å²) in [5.74, 6) is -1.27. The standard InChI is InChI=1S/C23H25N3O5S/c1-3-25-12-11-16-17(13-25)32-22(20(16)23(30)31-4-2)24-21(29)14-5-7-15(8-6-14)26-18(27)9-10-19(26)28/h5-8H,3-4,9-13H2,1-2H3,(H,24,29). The highest BCUT2D eigenvalue weighted by molar-refractivity contribution is 7.17. The molecule has 0 bridgehead atoms. The molecule has 1 aromatic heterocycles. The van der Waals surface area contributed by atoms with Crippen LogP contribution in [-0.2, 0) is 27.3 Å². The van der Waals surface area contributed by atoms with Crippen LogP contribution in [0.1, 0.15) is 57.8 Å². The molecule has 8 nitrogen and oxygen atoms in total. The zero-order valence-electron chi connectivity index (χ0n) is 18.1. The lowest BCUT2D eigenvalue weighted by Gasteiger charge is -2.25. The fourth-order valence-electron chi connectivity index (χ4n) is 4.04. The third kappa shape index (κ3) is 4.18. The van der Waals surface area contributed by atoms with Crippen LogP contribution in [0.4, 0.5) is 10.7 Å². The van der Waals surface area contributed by atoms with Gasteiger partial charge in [0.05, 0.1) is 17.9 Å². The molecule has 1 fully saturated rings. The Morgan fingerprint density at radius 3 is 2.38 bits per heavy atom. The van der Waals surface area contributed by atoms with E-state index in [1.165, 1.54) is 11.3 Å². The summed E-state index contributed by atoms with van der Waals surface area (Å²) in [4.78, 5) is 53.9. The van der Waals surface area contributed by atoms with Crippen molar-refractivity contribution < 1.29 is 23.9 Å². The van der Waals surface area contributed by atoms with Gasteiger partial charge in [-0.05, 0) is 49.7 Å². The van der Waals surface area contributed by atoms with Gasteiger partial charge in [-0.3, -0.25) is 24.2 Å². The third-order valence-corrected chi connectivity index (χ3v) is 6.86. The van der Waals surface area contributed by atoms with Gasteiger partial charge in [0.25, 0.3) is 5.91 Å². The predicted molar refractivity (Wildman–Crippen MR) is 121 cm³/mol. The summed E-state index contributed by atoms with van der Waals surface area (Å²) in [6, 6.07) is 6.31. The number of esters is 1. The molecule has 1 N–H and O–H groups in total. The quantitative estimate of drug-likeness (QED) is 0.531. The number of hydrogen-bond donors (Lipinski definition) is 1. The summed E-state index contributed by atoms with van der Waals surface area (Å²) in [6.45, 7) is 6.63. The van der Waals surface area contributed by atoms with E-state index < -0.39 is 5.97 Å². The molecule has 2 aliphatic rings. The van der Waals surface area contributed by atoms with E-state index in [4.69, 9.17) is 4.74 Å². The number of fused-ring (bicyclic) bond motifs is 1. The van der Waals surface area contributed by atoms with Crippen LogP contribution in [-0.4, -0.2) is 48.3 Å². The van der Waals surface area contributed by atoms with Crippen molar-refractivity contribution in [1.29, 1.82) is 0 Å². The van der Waals surface area contributed by atoms with E-state index in [0.717, 1.165) is 41.4 Å². The van der Waals surface area contributed by atoms with E-state index in [1.807, 2.05) is 0 Å². The number of ether oxygens (including phenoxy) is 1. The van der Waals surface area contributed by atoms with E-state index in [-0.39, 0.29) is 37.2 Å². The minimum absolute atomic E-state index is 0.205. The number of hydrogen-bond acceptors (Lipinski definition) is 7. The number of anilines is 2. The topological polar surface area (TPSA) is 96.0 Å². The van der Waals surface area contributed by atoms with Gasteiger partial charge < -0.3 is 10.1 Å². The third-order valence-electron chi connectivity index (χ3n) is 5.73. The van der Waals surface area contributed by atoms with E-state index in [0.29, 0.717) is 21.8 Å². The Morgan fingerprint density at radius 1 is 1.06 bits per heavy atom. The summed E-state index contributed by atoms with van der Waals surface area (Å²) in [7, 11) is 0. The fraction of sp³-hybridized carbons (Fsp3) is 0.391. The molecule has 0 atom stereocenters. The molecule has 0 saturated carbocycles. The monoisotopic (exact) mass is 455 g/mol. The second kappa shape index (κ2) is 9.22. The number of carbonyl (C=O) groups is 4. The van der Waals surface area contributed by atoms with Crippen LogP contribution in [0.5, 0.6) is 0 Å². The highest BCUT2D eigenvalue weighted by Crippen LogP contribution is 2.38. The van der Waals surface area contributed by atoms with Gasteiger partial charge in [-0.25, -0.2) is 4.79 Å². The summed E-state index contributed by atoms with van der Waals surface area (Å²) in [5, 5.41) is 3.37. The van der Waals surface area contributed by atoms with Crippen molar-refractivity contribution in [1.82, 2.24) is 4.90 Å². The van der Waals surface area contributed by atoms with Crippen molar-refractivity contribution in [3.8, 4) is 0 Å². The first kappa shape index (κ1) is 22.2. The van der Waals surface area contributed by atoms with E-state index >= 15 is 0 Å². The number of rotatable bonds is 6. The average Bonchev–Trinajstić information content (AvgIpc) is 3.32. The van der Waals surface area contributed by atoms with Crippen molar-refractivity contribution in [3.63, 3.8) is 0 Å². The summed E-state index contributed by atoms with van der Waals surface area (Å²) < 4.78 is 5.26. The maximum absolute atomic E-state index is 12.9. The molecule has 9 heteroatoms. The van der Waals surface area contributed by atoms with Crippen LogP contribution < -0.4 is 10.2 Å². The molecule has 1 saturated heterocycles. The van der Waals surface area contributed by atoms with Gasteiger partial charge in [-0.15, -0.1) is 11.3 Å². The largest absolute Gasteiger partial charge is 0.462 e. The van der Waals surface area contributed by atoms with Crippen LogP contribution in [0, 0.1) is 0 Å². The maximum atomic E-state index is 12.9. The molecule has 2 aromatic rings. The molecule has 0 radical (unpaired) electrons. The maximum Gasteiger partial charge on any atom is 0.341 e. The zero-order chi connectivity index (χ0) is 22.8. The van der Waals surface area contributed by atoms with Crippen molar-refractivity contribution in [2.45, 2.75) is 39.7 Å². The fourth-order valence-corrected chi connectivity index (χ4v) is 5.31. The Bertz CT molecular complexity index is 1060. The van der Waals surface area contributed by atoms with Crippen molar-refractivity contribution in [2.24, 2.45) is 0 Å². The molecule has 168 valence electrons. The Balaban J connectivity index is 1.57. The molecular weight excluding hydrogens is 430 g/mol. The van der Waals surface area contributed by atoms with E-state index in [2.05, 4.69) is 17.1 Å². The molecule has 0 aliphatic carbocycles. The van der Waals surface area contributed by atoms with E-state index in [1.54, 1.807) is 31.2 Å². The number of benzene rings is 1. The van der Waals surface area contributed by atoms with Gasteiger partial charge in [-0.1, -0.05) is 6.92 Å². The first-order chi connectivity index (χ1) is 15.4. The molecule has 4 rings (SSSR count). The highest BCUT2D eigenvalue weighted by Gasteiger charge is 2.31. The predicted octanol–water partition coefficient (Wildman–Crippen LogP) is 3.21. The van der Waals surface area contributed by atoms with Crippen LogP contribution in [0.25, 0.3) is 0 Å². The van der Waals surface area contributed by atoms with Gasteiger partial charge in [0.1, 0.15) is 5.00 Å². The number of nitrogens with one attached hydrogen (secondary N) is 1. The lowest BCUT2D eigenvalue weighted by Crippen LogP contribution is -2.30. The molecule has 0 spiro atoms. The number of nitrogens with zero attached hydrogens (tertiary/aromatic N) is 2. The summed E-state index contributed by atoms with van der Waals surface area (Å²) in [6.07, 6.45) is 1.14. The van der Waals surface area contributed by atoms with Crippen LogP contribution in [0.15, 0.2) is 24.3 Å². The average molecular weight is 456 g/mol. The smallest absolute Gasteiger partial charge is 0.341 e. The number of thiophene rings is 1. The second-order valence-electron chi connectivity index (χ2n) is 7.67. The molecule has 2 aliphatic heterocycles. The lowest BCUT2D eigenvalue weighted by atomic mass is 10.0. The molecule has 0 unspecified atom stereocenters. The SMILES string of the molecule is CCOC(=O)c1c(NC(=O)c2ccc(N3C(=O)CCC3=O)cc2)sc2c1CCN(CC)C2. The number of imide groups is 1. The van der Waals surface area contributed by atoms with E-state index in [9.17, 15) is 19.2 Å². The van der Waals surface area contributed by atoms with Crippen LogP contribution in [0.3, 0.4) is 0 Å². The second-order valence-corrected chi connectivity index (χ2v) is 8.78. The van der Waals surface area contributed by atoms with Gasteiger partial charge in [-0.2, -0.15) is 0 Å². The normalized spacial score (nSPS) is 16.2. The Labute approximate surface area is 190 Å². The molecule has 3 heterocycles. The first-order valence-electron chi connectivity index (χ1n) is 10.7.